The zero-order chi connectivity index (χ0) is 9.42. The van der Waals surface area contributed by atoms with Gasteiger partial charge in [0.05, 0.1) is 0 Å². The highest BCUT2D eigenvalue weighted by Crippen LogP contribution is 2.28. The Morgan fingerprint density at radius 2 is 2.23 bits per heavy atom. The molecular weight excluding hydrogens is 165 g/mol. The van der Waals surface area contributed by atoms with Gasteiger partial charge in [-0.2, -0.15) is 0 Å². The smallest absolute Gasteiger partial charge is 0.126 e. The van der Waals surface area contributed by atoms with Gasteiger partial charge in [0.1, 0.15) is 5.82 Å². The molecule has 0 aliphatic carbocycles. The number of benzene rings is 1. The summed E-state index contributed by atoms with van der Waals surface area (Å²) in [5.41, 5.74) is 3.06. The predicted octanol–water partition coefficient (Wildman–Crippen LogP) is 2.88. The van der Waals surface area contributed by atoms with E-state index >= 15 is 0 Å². The molecule has 1 N–H and O–H groups in total. The molecule has 0 spiro atoms. The maximum absolute atomic E-state index is 13.2. The summed E-state index contributed by atoms with van der Waals surface area (Å²) in [6.07, 6.45) is 2.09. The minimum Gasteiger partial charge on any atom is -0.382 e. The molecule has 1 atom stereocenters. The third kappa shape index (κ3) is 1.41. The van der Waals surface area contributed by atoms with Crippen LogP contribution in [-0.2, 0) is 6.42 Å². The van der Waals surface area contributed by atoms with Crippen molar-refractivity contribution in [2.24, 2.45) is 0 Å². The first-order chi connectivity index (χ1) is 6.18. The fourth-order valence-electron chi connectivity index (χ4n) is 1.88. The highest BCUT2D eigenvalue weighted by Gasteiger charge is 2.16. The van der Waals surface area contributed by atoms with E-state index in [1.807, 2.05) is 13.0 Å². The SMILES string of the molecule is Cc1c(F)ccc2c1CC[C@H](C)N2. The van der Waals surface area contributed by atoms with Crippen LogP contribution >= 0.6 is 0 Å². The van der Waals surface area contributed by atoms with Gasteiger partial charge in [0.25, 0.3) is 0 Å². The van der Waals surface area contributed by atoms with Crippen LogP contribution in [0.4, 0.5) is 10.1 Å². The van der Waals surface area contributed by atoms with Crippen molar-refractivity contribution < 1.29 is 4.39 Å². The Bertz CT molecular complexity index is 333. The number of halogens is 1. The zero-order valence-electron chi connectivity index (χ0n) is 8.02. The van der Waals surface area contributed by atoms with Crippen molar-refractivity contribution in [1.29, 1.82) is 0 Å². The number of hydrogen-bond donors (Lipinski definition) is 1. The lowest BCUT2D eigenvalue weighted by atomic mass is 9.95. The molecule has 1 aliphatic heterocycles. The highest BCUT2D eigenvalue weighted by atomic mass is 19.1. The molecule has 1 aliphatic rings. The maximum atomic E-state index is 13.2. The second kappa shape index (κ2) is 3.02. The standard InChI is InChI=1S/C11H14FN/c1-7-3-4-9-8(2)10(12)5-6-11(9)13-7/h5-7,13H,3-4H2,1-2H3/t7-/m0/s1. The van der Waals surface area contributed by atoms with Gasteiger partial charge >= 0.3 is 0 Å². The summed E-state index contributed by atoms with van der Waals surface area (Å²) >= 11 is 0. The molecule has 0 saturated carbocycles. The molecule has 1 aromatic carbocycles. The molecule has 13 heavy (non-hydrogen) atoms. The van der Waals surface area contributed by atoms with Gasteiger partial charge in [-0.05, 0) is 49.9 Å². The minimum absolute atomic E-state index is 0.0879. The predicted molar refractivity (Wildman–Crippen MR) is 52.5 cm³/mol. The van der Waals surface area contributed by atoms with Crippen LogP contribution in [0.5, 0.6) is 0 Å². The highest BCUT2D eigenvalue weighted by molar-refractivity contribution is 5.57. The van der Waals surface area contributed by atoms with Gasteiger partial charge in [-0.25, -0.2) is 4.39 Å². The Balaban J connectivity index is 2.47. The molecule has 0 amide bonds. The minimum atomic E-state index is -0.0879. The van der Waals surface area contributed by atoms with Gasteiger partial charge in [-0.1, -0.05) is 0 Å². The summed E-state index contributed by atoms with van der Waals surface area (Å²) in [4.78, 5) is 0. The van der Waals surface area contributed by atoms with Gasteiger partial charge in [-0.3, -0.25) is 0 Å². The van der Waals surface area contributed by atoms with Gasteiger partial charge in [0.2, 0.25) is 0 Å². The van der Waals surface area contributed by atoms with E-state index in [1.54, 1.807) is 6.07 Å². The molecule has 1 aromatic rings. The largest absolute Gasteiger partial charge is 0.382 e. The van der Waals surface area contributed by atoms with Crippen molar-refractivity contribution in [3.8, 4) is 0 Å². The van der Waals surface area contributed by atoms with E-state index in [4.69, 9.17) is 0 Å². The molecule has 0 saturated heterocycles. The van der Waals surface area contributed by atoms with Crippen molar-refractivity contribution >= 4 is 5.69 Å². The van der Waals surface area contributed by atoms with E-state index in [-0.39, 0.29) is 5.82 Å². The second-order valence-corrected chi connectivity index (χ2v) is 3.78. The van der Waals surface area contributed by atoms with Crippen molar-refractivity contribution in [1.82, 2.24) is 0 Å². The lowest BCUT2D eigenvalue weighted by Crippen LogP contribution is -2.22. The van der Waals surface area contributed by atoms with E-state index in [0.29, 0.717) is 6.04 Å². The Morgan fingerprint density at radius 1 is 1.46 bits per heavy atom. The van der Waals surface area contributed by atoms with Crippen LogP contribution in [-0.4, -0.2) is 6.04 Å². The Morgan fingerprint density at radius 3 is 3.00 bits per heavy atom. The lowest BCUT2D eigenvalue weighted by molar-refractivity contribution is 0.607. The van der Waals surface area contributed by atoms with Crippen LogP contribution in [0.2, 0.25) is 0 Å². The van der Waals surface area contributed by atoms with E-state index in [0.717, 1.165) is 29.7 Å². The van der Waals surface area contributed by atoms with Crippen molar-refractivity contribution in [2.75, 3.05) is 5.32 Å². The Hall–Kier alpha value is -1.05. The summed E-state index contributed by atoms with van der Waals surface area (Å²) < 4.78 is 13.2. The van der Waals surface area contributed by atoms with Gasteiger partial charge in [0, 0.05) is 11.7 Å². The van der Waals surface area contributed by atoms with Gasteiger partial charge in [-0.15, -0.1) is 0 Å². The molecule has 0 bridgehead atoms. The summed E-state index contributed by atoms with van der Waals surface area (Å²) in [5.74, 6) is -0.0879. The van der Waals surface area contributed by atoms with Crippen molar-refractivity contribution in [3.63, 3.8) is 0 Å². The fourth-order valence-corrected chi connectivity index (χ4v) is 1.88. The monoisotopic (exact) mass is 179 g/mol. The number of fused-ring (bicyclic) bond motifs is 1. The first-order valence-electron chi connectivity index (χ1n) is 4.73. The molecular formula is C11H14FN. The third-order valence-electron chi connectivity index (χ3n) is 2.76. The van der Waals surface area contributed by atoms with Crippen LogP contribution in [0.1, 0.15) is 24.5 Å². The number of nitrogens with one attached hydrogen (secondary N) is 1. The molecule has 0 fully saturated rings. The van der Waals surface area contributed by atoms with Gasteiger partial charge < -0.3 is 5.32 Å². The summed E-state index contributed by atoms with van der Waals surface area (Å²) in [7, 11) is 0. The molecule has 70 valence electrons. The molecule has 2 heteroatoms. The topological polar surface area (TPSA) is 12.0 Å². The van der Waals surface area contributed by atoms with Crippen molar-refractivity contribution in [3.05, 3.63) is 29.1 Å². The van der Waals surface area contributed by atoms with Crippen LogP contribution in [0.25, 0.3) is 0 Å². The summed E-state index contributed by atoms with van der Waals surface area (Å²) in [6, 6.07) is 3.89. The molecule has 0 unspecified atom stereocenters. The van der Waals surface area contributed by atoms with E-state index in [1.165, 1.54) is 0 Å². The maximum Gasteiger partial charge on any atom is 0.126 e. The summed E-state index contributed by atoms with van der Waals surface area (Å²) in [5, 5.41) is 3.36. The number of anilines is 1. The molecule has 0 radical (unpaired) electrons. The summed E-state index contributed by atoms with van der Waals surface area (Å²) in [6.45, 7) is 4.01. The average molecular weight is 179 g/mol. The van der Waals surface area contributed by atoms with Crippen LogP contribution in [0, 0.1) is 12.7 Å². The first-order valence-corrected chi connectivity index (χ1v) is 4.73. The molecule has 0 aromatic heterocycles. The molecule has 2 rings (SSSR count). The van der Waals surface area contributed by atoms with Crippen LogP contribution < -0.4 is 5.32 Å². The zero-order valence-corrected chi connectivity index (χ0v) is 8.02. The normalized spacial score (nSPS) is 20.7. The lowest BCUT2D eigenvalue weighted by Gasteiger charge is -2.25. The Kier molecular flexibility index (Phi) is 1.98. The average Bonchev–Trinajstić information content (AvgIpc) is 2.12. The number of hydrogen-bond acceptors (Lipinski definition) is 1. The van der Waals surface area contributed by atoms with Gasteiger partial charge in [0.15, 0.2) is 0 Å². The quantitative estimate of drug-likeness (QED) is 0.645. The molecule has 1 nitrogen and oxygen atoms in total. The second-order valence-electron chi connectivity index (χ2n) is 3.78. The Labute approximate surface area is 78.0 Å². The molecule has 1 heterocycles. The fraction of sp³-hybridized carbons (Fsp3) is 0.455. The number of rotatable bonds is 0. The van der Waals surface area contributed by atoms with Crippen LogP contribution in [0.3, 0.4) is 0 Å². The third-order valence-corrected chi connectivity index (χ3v) is 2.76. The van der Waals surface area contributed by atoms with Crippen molar-refractivity contribution in [2.45, 2.75) is 32.7 Å². The first kappa shape index (κ1) is 8.54. The van der Waals surface area contributed by atoms with E-state index in [2.05, 4.69) is 12.2 Å². The van der Waals surface area contributed by atoms with Crippen LogP contribution in [0.15, 0.2) is 12.1 Å². The van der Waals surface area contributed by atoms with E-state index < -0.39 is 0 Å². The van der Waals surface area contributed by atoms with E-state index in [9.17, 15) is 4.39 Å².